The Morgan fingerprint density at radius 3 is 2.74 bits per heavy atom. The van der Waals surface area contributed by atoms with Crippen molar-refractivity contribution < 1.29 is 0 Å². The van der Waals surface area contributed by atoms with Crippen LogP contribution in [0.2, 0.25) is 0 Å². The zero-order valence-corrected chi connectivity index (χ0v) is 11.9. The molecular formula is C15H22N4. The molecule has 0 aromatic carbocycles. The molecule has 0 spiro atoms. The van der Waals surface area contributed by atoms with Gasteiger partial charge in [0.05, 0.1) is 17.9 Å². The minimum absolute atomic E-state index is 0.664. The molecule has 2 heterocycles. The van der Waals surface area contributed by atoms with E-state index in [2.05, 4.69) is 51.9 Å². The van der Waals surface area contributed by atoms with Crippen molar-refractivity contribution in [2.45, 2.75) is 33.9 Å². The number of nitrogens with zero attached hydrogens (tertiary/aromatic N) is 3. The highest BCUT2D eigenvalue weighted by molar-refractivity contribution is 5.12. The first kappa shape index (κ1) is 13.7. The number of hydrogen-bond acceptors (Lipinski definition) is 3. The largest absolute Gasteiger partial charge is 0.329 e. The Bertz CT molecular complexity index is 516. The van der Waals surface area contributed by atoms with Gasteiger partial charge in [0.2, 0.25) is 0 Å². The Balaban J connectivity index is 1.97. The van der Waals surface area contributed by atoms with Gasteiger partial charge in [0.1, 0.15) is 5.82 Å². The summed E-state index contributed by atoms with van der Waals surface area (Å²) in [6.07, 6.45) is 3.81. The summed E-state index contributed by atoms with van der Waals surface area (Å²) < 4.78 is 2.10. The number of rotatable bonds is 6. The number of hydrogen-bond donors (Lipinski definition) is 1. The van der Waals surface area contributed by atoms with Gasteiger partial charge < -0.3 is 9.88 Å². The molecule has 0 aliphatic rings. The van der Waals surface area contributed by atoms with E-state index in [0.29, 0.717) is 5.92 Å². The number of imidazole rings is 1. The van der Waals surface area contributed by atoms with Crippen LogP contribution in [0.15, 0.2) is 30.6 Å². The summed E-state index contributed by atoms with van der Waals surface area (Å²) in [5.74, 6) is 1.68. The van der Waals surface area contributed by atoms with Crippen LogP contribution in [0.3, 0.4) is 0 Å². The summed E-state index contributed by atoms with van der Waals surface area (Å²) in [6, 6.07) is 6.20. The van der Waals surface area contributed by atoms with Gasteiger partial charge in [-0.15, -0.1) is 0 Å². The van der Waals surface area contributed by atoms with Gasteiger partial charge in [-0.2, -0.15) is 0 Å². The van der Waals surface area contributed by atoms with Crippen molar-refractivity contribution in [2.24, 2.45) is 5.92 Å². The highest BCUT2D eigenvalue weighted by Gasteiger charge is 2.02. The molecule has 0 unspecified atom stereocenters. The summed E-state index contributed by atoms with van der Waals surface area (Å²) in [7, 11) is 0. The third-order valence-electron chi connectivity index (χ3n) is 2.98. The van der Waals surface area contributed by atoms with E-state index in [9.17, 15) is 0 Å². The lowest BCUT2D eigenvalue weighted by atomic mass is 10.2. The number of aromatic nitrogens is 3. The molecule has 0 saturated carbocycles. The second kappa shape index (κ2) is 6.48. The maximum Gasteiger partial charge on any atom is 0.105 e. The van der Waals surface area contributed by atoms with Gasteiger partial charge in [-0.25, -0.2) is 4.98 Å². The van der Waals surface area contributed by atoms with Gasteiger partial charge in [0, 0.05) is 18.9 Å². The van der Waals surface area contributed by atoms with Crippen LogP contribution < -0.4 is 5.32 Å². The molecular weight excluding hydrogens is 236 g/mol. The van der Waals surface area contributed by atoms with E-state index in [4.69, 9.17) is 0 Å². The highest BCUT2D eigenvalue weighted by Crippen LogP contribution is 2.04. The number of aryl methyl sites for hydroxylation is 1. The molecule has 0 saturated heterocycles. The van der Waals surface area contributed by atoms with E-state index in [0.717, 1.165) is 36.8 Å². The lowest BCUT2D eigenvalue weighted by Crippen LogP contribution is -2.20. The van der Waals surface area contributed by atoms with Crippen molar-refractivity contribution in [3.05, 3.63) is 47.8 Å². The Hall–Kier alpha value is -1.68. The first-order valence-corrected chi connectivity index (χ1v) is 6.78. The minimum Gasteiger partial charge on any atom is -0.329 e. The predicted octanol–water partition coefficient (Wildman–Crippen LogP) is 2.38. The van der Waals surface area contributed by atoms with Gasteiger partial charge in [0.15, 0.2) is 0 Å². The Morgan fingerprint density at radius 1 is 1.26 bits per heavy atom. The van der Waals surface area contributed by atoms with Crippen molar-refractivity contribution in [2.75, 3.05) is 6.54 Å². The first-order valence-electron chi connectivity index (χ1n) is 6.78. The second-order valence-electron chi connectivity index (χ2n) is 5.25. The molecule has 2 aromatic rings. The van der Waals surface area contributed by atoms with E-state index < -0.39 is 0 Å². The van der Waals surface area contributed by atoms with Gasteiger partial charge >= 0.3 is 0 Å². The monoisotopic (exact) mass is 258 g/mol. The van der Waals surface area contributed by atoms with Crippen molar-refractivity contribution in [1.29, 1.82) is 0 Å². The van der Waals surface area contributed by atoms with Crippen molar-refractivity contribution in [1.82, 2.24) is 19.9 Å². The molecule has 2 aromatic heterocycles. The third kappa shape index (κ3) is 4.17. The van der Waals surface area contributed by atoms with E-state index in [-0.39, 0.29) is 0 Å². The molecule has 0 amide bonds. The Morgan fingerprint density at radius 2 is 2.05 bits per heavy atom. The molecule has 102 valence electrons. The molecule has 0 bridgehead atoms. The first-order chi connectivity index (χ1) is 9.15. The molecule has 0 fully saturated rings. The minimum atomic E-state index is 0.664. The maximum absolute atomic E-state index is 4.67. The number of nitrogens with one attached hydrogen (secondary N) is 1. The van der Waals surface area contributed by atoms with Crippen molar-refractivity contribution >= 4 is 0 Å². The van der Waals surface area contributed by atoms with Crippen molar-refractivity contribution in [3.63, 3.8) is 0 Å². The molecule has 0 aliphatic carbocycles. The Labute approximate surface area is 114 Å². The summed E-state index contributed by atoms with van der Waals surface area (Å²) in [5.41, 5.74) is 2.17. The standard InChI is InChI=1S/C15H22N4/c1-12(2)9-16-10-14-5-4-6-15(18-14)11-19-8-7-17-13(19)3/h4-8,12,16H,9-11H2,1-3H3. The van der Waals surface area contributed by atoms with Crippen molar-refractivity contribution in [3.8, 4) is 0 Å². The quantitative estimate of drug-likeness (QED) is 0.865. The van der Waals surface area contributed by atoms with Gasteiger partial charge in [-0.1, -0.05) is 19.9 Å². The van der Waals surface area contributed by atoms with Crippen LogP contribution in [0.25, 0.3) is 0 Å². The lowest BCUT2D eigenvalue weighted by Gasteiger charge is -2.09. The van der Waals surface area contributed by atoms with Crippen LogP contribution in [0, 0.1) is 12.8 Å². The third-order valence-corrected chi connectivity index (χ3v) is 2.98. The average molecular weight is 258 g/mol. The molecule has 0 radical (unpaired) electrons. The molecule has 0 aliphatic heterocycles. The maximum atomic E-state index is 4.67. The smallest absolute Gasteiger partial charge is 0.105 e. The fraction of sp³-hybridized carbons (Fsp3) is 0.467. The van der Waals surface area contributed by atoms with Crippen LogP contribution in [0.5, 0.6) is 0 Å². The predicted molar refractivity (Wildman–Crippen MR) is 76.8 cm³/mol. The van der Waals surface area contributed by atoms with Crippen LogP contribution in [-0.2, 0) is 13.1 Å². The SMILES string of the molecule is Cc1nccn1Cc1cccc(CNCC(C)C)n1. The van der Waals surface area contributed by atoms with Crippen LogP contribution >= 0.6 is 0 Å². The Kier molecular flexibility index (Phi) is 4.68. The zero-order valence-electron chi connectivity index (χ0n) is 11.9. The van der Waals surface area contributed by atoms with E-state index in [1.54, 1.807) is 0 Å². The summed E-state index contributed by atoms with van der Waals surface area (Å²) >= 11 is 0. The van der Waals surface area contributed by atoms with Crippen LogP contribution in [0.4, 0.5) is 0 Å². The normalized spacial score (nSPS) is 11.2. The van der Waals surface area contributed by atoms with Crippen LogP contribution in [0.1, 0.15) is 31.1 Å². The fourth-order valence-corrected chi connectivity index (χ4v) is 1.95. The summed E-state index contributed by atoms with van der Waals surface area (Å²) in [4.78, 5) is 8.90. The molecule has 1 N–H and O–H groups in total. The van der Waals surface area contributed by atoms with E-state index in [1.807, 2.05) is 19.3 Å². The molecule has 4 heteroatoms. The lowest BCUT2D eigenvalue weighted by molar-refractivity contribution is 0.547. The molecule has 0 atom stereocenters. The van der Waals surface area contributed by atoms with Gasteiger partial charge in [0.25, 0.3) is 0 Å². The number of pyridine rings is 1. The van der Waals surface area contributed by atoms with Gasteiger partial charge in [-0.05, 0) is 31.5 Å². The van der Waals surface area contributed by atoms with Crippen LogP contribution in [-0.4, -0.2) is 21.1 Å². The topological polar surface area (TPSA) is 42.7 Å². The van der Waals surface area contributed by atoms with E-state index in [1.165, 1.54) is 0 Å². The van der Waals surface area contributed by atoms with Gasteiger partial charge in [-0.3, -0.25) is 4.98 Å². The summed E-state index contributed by atoms with van der Waals surface area (Å²) in [6.45, 7) is 9.05. The molecule has 2 rings (SSSR count). The fourth-order valence-electron chi connectivity index (χ4n) is 1.95. The summed E-state index contributed by atoms with van der Waals surface area (Å²) in [5, 5.41) is 3.42. The molecule has 4 nitrogen and oxygen atoms in total. The average Bonchev–Trinajstić information content (AvgIpc) is 2.75. The molecule has 19 heavy (non-hydrogen) atoms. The zero-order chi connectivity index (χ0) is 13.7. The van der Waals surface area contributed by atoms with E-state index >= 15 is 0 Å². The highest BCUT2D eigenvalue weighted by atomic mass is 15.1. The second-order valence-corrected chi connectivity index (χ2v) is 5.25.